The molecular weight excluding hydrogens is 510 g/mol. The Balaban J connectivity index is 1.11. The molecule has 3 heterocycles. The number of likely N-dealkylation sites (N-methyl/N-ethyl adjacent to an activating group) is 1. The first kappa shape index (κ1) is 26.2. The normalized spacial score (nSPS) is 18.7. The molecular formula is C30H38ClN7O. The van der Waals surface area contributed by atoms with Crippen molar-refractivity contribution < 1.29 is 4.74 Å². The van der Waals surface area contributed by atoms with Crippen LogP contribution >= 0.6 is 11.6 Å². The molecule has 0 amide bonds. The zero-order chi connectivity index (χ0) is 26.8. The van der Waals surface area contributed by atoms with Crippen LogP contribution in [0.2, 0.25) is 5.02 Å². The number of benzene rings is 2. The monoisotopic (exact) mass is 547 g/mol. The first-order valence-corrected chi connectivity index (χ1v) is 14.5. The quantitative estimate of drug-likeness (QED) is 0.411. The van der Waals surface area contributed by atoms with Crippen LogP contribution in [0, 0.1) is 0 Å². The molecule has 0 atom stereocenters. The molecule has 39 heavy (non-hydrogen) atoms. The molecule has 9 heteroatoms. The number of piperidine rings is 1. The Morgan fingerprint density at radius 1 is 0.923 bits per heavy atom. The molecule has 8 nitrogen and oxygen atoms in total. The van der Waals surface area contributed by atoms with Gasteiger partial charge < -0.3 is 25.2 Å². The standard InChI is InChI=1S/C30H38ClN7O/c1-36-14-16-38(17-15-36)24-10-12-37(13-11-24)25-8-9-27(28(19-25)39-2)34-30-32-20-26(31)29(35-30)33-23-7-6-21-4-3-5-22(21)18-23/h6-9,18-20,24H,3-5,10-17H2,1-2H3,(H2,32,33,34,35). The summed E-state index contributed by atoms with van der Waals surface area (Å²) in [5, 5.41) is 7.17. The smallest absolute Gasteiger partial charge is 0.229 e. The van der Waals surface area contributed by atoms with Gasteiger partial charge in [0, 0.05) is 62.8 Å². The molecule has 1 aromatic heterocycles. The highest BCUT2D eigenvalue weighted by Gasteiger charge is 2.27. The second kappa shape index (κ2) is 11.6. The average Bonchev–Trinajstić information content (AvgIpc) is 3.44. The predicted molar refractivity (Wildman–Crippen MR) is 159 cm³/mol. The van der Waals surface area contributed by atoms with Crippen LogP contribution in [0.3, 0.4) is 0 Å². The van der Waals surface area contributed by atoms with Gasteiger partial charge in [-0.05, 0) is 74.5 Å². The molecule has 1 aliphatic carbocycles. The lowest BCUT2D eigenvalue weighted by Gasteiger charge is -2.42. The first-order chi connectivity index (χ1) is 19.1. The maximum Gasteiger partial charge on any atom is 0.229 e. The largest absolute Gasteiger partial charge is 0.494 e. The summed E-state index contributed by atoms with van der Waals surface area (Å²) in [6, 6.07) is 13.5. The molecule has 2 aliphatic heterocycles. The third-order valence-corrected chi connectivity index (χ3v) is 8.70. The molecule has 0 radical (unpaired) electrons. The van der Waals surface area contributed by atoms with Crippen molar-refractivity contribution in [3.05, 3.63) is 58.7 Å². The van der Waals surface area contributed by atoms with Crippen molar-refractivity contribution in [2.24, 2.45) is 0 Å². The summed E-state index contributed by atoms with van der Waals surface area (Å²) in [6.45, 7) is 6.85. The van der Waals surface area contributed by atoms with Crippen molar-refractivity contribution in [1.29, 1.82) is 0 Å². The predicted octanol–water partition coefficient (Wildman–Crippen LogP) is 5.33. The van der Waals surface area contributed by atoms with Crippen LogP contribution in [0.4, 0.5) is 28.8 Å². The second-order valence-electron chi connectivity index (χ2n) is 10.9. The van der Waals surface area contributed by atoms with Crippen LogP contribution in [-0.4, -0.2) is 79.2 Å². The lowest BCUT2D eigenvalue weighted by atomic mass is 10.0. The van der Waals surface area contributed by atoms with Gasteiger partial charge in [-0.25, -0.2) is 4.98 Å². The van der Waals surface area contributed by atoms with Crippen molar-refractivity contribution in [3.63, 3.8) is 0 Å². The van der Waals surface area contributed by atoms with Gasteiger partial charge >= 0.3 is 0 Å². The molecule has 3 aliphatic rings. The van der Waals surface area contributed by atoms with Gasteiger partial charge in [0.15, 0.2) is 5.82 Å². The maximum absolute atomic E-state index is 6.45. The summed E-state index contributed by atoms with van der Waals surface area (Å²) < 4.78 is 5.77. The average molecular weight is 548 g/mol. The number of nitrogens with zero attached hydrogens (tertiary/aromatic N) is 5. The summed E-state index contributed by atoms with van der Waals surface area (Å²) in [5.41, 5.74) is 5.83. The van der Waals surface area contributed by atoms with Gasteiger partial charge in [0.25, 0.3) is 0 Å². The number of methoxy groups -OCH3 is 1. The van der Waals surface area contributed by atoms with E-state index in [0.29, 0.717) is 22.8 Å². The fraction of sp³-hybridized carbons (Fsp3) is 0.467. The lowest BCUT2D eigenvalue weighted by Crippen LogP contribution is -2.52. The Morgan fingerprint density at radius 3 is 2.51 bits per heavy atom. The highest BCUT2D eigenvalue weighted by Crippen LogP contribution is 2.34. The number of nitrogens with one attached hydrogen (secondary N) is 2. The van der Waals surface area contributed by atoms with Crippen LogP contribution in [0.15, 0.2) is 42.6 Å². The zero-order valence-corrected chi connectivity index (χ0v) is 23.7. The van der Waals surface area contributed by atoms with E-state index >= 15 is 0 Å². The SMILES string of the molecule is COc1cc(N2CCC(N3CCN(C)CC3)CC2)ccc1Nc1ncc(Cl)c(Nc2ccc3c(c2)CCC3)n1. The number of fused-ring (bicyclic) bond motifs is 1. The van der Waals surface area contributed by atoms with Crippen LogP contribution in [0.1, 0.15) is 30.4 Å². The molecule has 206 valence electrons. The highest BCUT2D eigenvalue weighted by molar-refractivity contribution is 6.32. The zero-order valence-electron chi connectivity index (χ0n) is 22.9. The Bertz CT molecular complexity index is 1300. The van der Waals surface area contributed by atoms with Crippen LogP contribution in [0.5, 0.6) is 5.75 Å². The number of hydrogen-bond donors (Lipinski definition) is 2. The van der Waals surface area contributed by atoms with Crippen molar-refractivity contribution in [2.75, 3.05) is 69.0 Å². The van der Waals surface area contributed by atoms with Crippen molar-refractivity contribution >= 4 is 40.4 Å². The van der Waals surface area contributed by atoms with Gasteiger partial charge in [-0.3, -0.25) is 4.90 Å². The number of piperazine rings is 1. The number of anilines is 5. The second-order valence-corrected chi connectivity index (χ2v) is 11.3. The fourth-order valence-electron chi connectivity index (χ4n) is 6.08. The Labute approximate surface area is 236 Å². The van der Waals surface area contributed by atoms with Crippen molar-refractivity contribution in [1.82, 2.24) is 19.8 Å². The number of aryl methyl sites for hydroxylation is 2. The van der Waals surface area contributed by atoms with Gasteiger partial charge in [0.05, 0.1) is 19.0 Å². The van der Waals surface area contributed by atoms with E-state index in [1.807, 2.05) is 6.07 Å². The third kappa shape index (κ3) is 5.93. The Hall–Kier alpha value is -3.07. The topological polar surface area (TPSA) is 68.8 Å². The highest BCUT2D eigenvalue weighted by atomic mass is 35.5. The lowest BCUT2D eigenvalue weighted by molar-refractivity contribution is 0.0982. The number of rotatable bonds is 7. The van der Waals surface area contributed by atoms with Crippen molar-refractivity contribution in [2.45, 2.75) is 38.1 Å². The van der Waals surface area contributed by atoms with E-state index in [-0.39, 0.29) is 0 Å². The van der Waals surface area contributed by atoms with Gasteiger partial charge in [-0.15, -0.1) is 0 Å². The summed E-state index contributed by atoms with van der Waals surface area (Å²) in [4.78, 5) is 16.7. The number of aromatic nitrogens is 2. The van der Waals surface area contributed by atoms with Crippen LogP contribution in [-0.2, 0) is 12.8 Å². The minimum atomic E-state index is 0.460. The fourth-order valence-corrected chi connectivity index (χ4v) is 6.22. The first-order valence-electron chi connectivity index (χ1n) is 14.1. The van der Waals surface area contributed by atoms with E-state index in [1.54, 1.807) is 13.3 Å². The number of hydrogen-bond acceptors (Lipinski definition) is 8. The molecule has 0 spiro atoms. The van der Waals surface area contributed by atoms with E-state index in [9.17, 15) is 0 Å². The van der Waals surface area contributed by atoms with Gasteiger partial charge in [-0.1, -0.05) is 17.7 Å². The molecule has 3 aromatic rings. The van der Waals surface area contributed by atoms with Gasteiger partial charge in [-0.2, -0.15) is 4.98 Å². The Morgan fingerprint density at radius 2 is 1.72 bits per heavy atom. The van der Waals surface area contributed by atoms with E-state index in [4.69, 9.17) is 16.3 Å². The molecule has 6 rings (SSSR count). The van der Waals surface area contributed by atoms with Crippen LogP contribution < -0.4 is 20.3 Å². The molecule has 2 N–H and O–H groups in total. The number of ether oxygens (including phenoxy) is 1. The Kier molecular flexibility index (Phi) is 7.77. The van der Waals surface area contributed by atoms with Crippen molar-refractivity contribution in [3.8, 4) is 5.75 Å². The number of halogens is 1. The van der Waals surface area contributed by atoms with E-state index in [1.165, 1.54) is 62.3 Å². The maximum atomic E-state index is 6.45. The van der Waals surface area contributed by atoms with E-state index < -0.39 is 0 Å². The summed E-state index contributed by atoms with van der Waals surface area (Å²) in [7, 11) is 3.92. The van der Waals surface area contributed by atoms with E-state index in [0.717, 1.165) is 43.1 Å². The molecule has 0 bridgehead atoms. The molecule has 2 aromatic carbocycles. The summed E-state index contributed by atoms with van der Waals surface area (Å²) in [5.74, 6) is 1.80. The molecule has 0 unspecified atom stereocenters. The molecule has 2 saturated heterocycles. The minimum absolute atomic E-state index is 0.460. The van der Waals surface area contributed by atoms with Crippen LogP contribution in [0.25, 0.3) is 0 Å². The molecule has 2 fully saturated rings. The van der Waals surface area contributed by atoms with Gasteiger partial charge in [0.2, 0.25) is 5.95 Å². The van der Waals surface area contributed by atoms with Gasteiger partial charge in [0.1, 0.15) is 10.8 Å². The summed E-state index contributed by atoms with van der Waals surface area (Å²) >= 11 is 6.45. The minimum Gasteiger partial charge on any atom is -0.494 e. The summed E-state index contributed by atoms with van der Waals surface area (Å²) in [6.07, 6.45) is 7.52. The third-order valence-electron chi connectivity index (χ3n) is 8.42. The van der Waals surface area contributed by atoms with E-state index in [2.05, 4.69) is 72.7 Å². The molecule has 0 saturated carbocycles.